The van der Waals surface area contributed by atoms with Gasteiger partial charge in [0, 0.05) is 23.0 Å². The molecule has 1 aliphatic carbocycles. The number of para-hydroxylation sites is 1. The number of aromatic nitrogens is 1. The first-order chi connectivity index (χ1) is 16.5. The van der Waals surface area contributed by atoms with Crippen LogP contribution in [0.2, 0.25) is 0 Å². The molecular formula is C24H33N5O6. The highest BCUT2D eigenvalue weighted by Crippen LogP contribution is 2.34. The lowest BCUT2D eigenvalue weighted by Crippen LogP contribution is -2.67. The number of rotatable bonds is 9. The normalized spacial score (nSPS) is 20.7. The van der Waals surface area contributed by atoms with Crippen molar-refractivity contribution >= 4 is 34.7 Å². The predicted octanol–water partition coefficient (Wildman–Crippen LogP) is 0.545. The maximum atomic E-state index is 13.6. The first kappa shape index (κ1) is 26.0. The molecule has 0 unspecified atom stereocenters. The molecule has 4 amide bonds. The standard InChI is InChI=1S/C24H33N5O6/c1-4-12(2)18(28-23(34)35)21(32)29-24(22(33)27-19(13(3)30)20(25)31)10-9-17-15(11-24)14-7-5-6-8-16(14)26-17/h5-8,12-13,18-19,26,28,30H,4,9-11H2,1-3H3,(H2,25,31)(H,27,33)(H,29,32)(H,34,35)/t12-,13+,18-,19-,24+/m0/s1. The fourth-order valence-corrected chi connectivity index (χ4v) is 4.61. The fraction of sp³-hybridized carbons (Fsp3) is 0.500. The third-order valence-electron chi connectivity index (χ3n) is 6.83. The number of H-pyrrole nitrogens is 1. The molecule has 2 aromatic rings. The van der Waals surface area contributed by atoms with Crippen molar-refractivity contribution in [1.29, 1.82) is 0 Å². The maximum absolute atomic E-state index is 13.6. The molecule has 1 aliphatic rings. The Bertz CT molecular complexity index is 1130. The van der Waals surface area contributed by atoms with Crippen LogP contribution in [0.25, 0.3) is 10.9 Å². The van der Waals surface area contributed by atoms with Gasteiger partial charge in [-0.05, 0) is 37.3 Å². The van der Waals surface area contributed by atoms with Crippen molar-refractivity contribution in [2.75, 3.05) is 0 Å². The summed E-state index contributed by atoms with van der Waals surface area (Å²) in [7, 11) is 0. The van der Waals surface area contributed by atoms with Gasteiger partial charge in [0.05, 0.1) is 6.10 Å². The number of nitrogens with one attached hydrogen (secondary N) is 4. The number of benzene rings is 1. The third kappa shape index (κ3) is 5.40. The molecule has 3 rings (SSSR count). The summed E-state index contributed by atoms with van der Waals surface area (Å²) in [4.78, 5) is 53.6. The molecule has 11 nitrogen and oxygen atoms in total. The summed E-state index contributed by atoms with van der Waals surface area (Å²) < 4.78 is 0. The Hall–Kier alpha value is -3.60. The molecule has 1 aromatic heterocycles. The minimum atomic E-state index is -1.50. The van der Waals surface area contributed by atoms with Crippen LogP contribution in [0.3, 0.4) is 0 Å². The Labute approximate surface area is 202 Å². The van der Waals surface area contributed by atoms with Crippen LogP contribution in [0, 0.1) is 5.92 Å². The van der Waals surface area contributed by atoms with Gasteiger partial charge >= 0.3 is 6.09 Å². The van der Waals surface area contributed by atoms with Crippen molar-refractivity contribution in [2.45, 2.75) is 70.2 Å². The summed E-state index contributed by atoms with van der Waals surface area (Å²) in [6, 6.07) is 5.15. The highest BCUT2D eigenvalue weighted by Gasteiger charge is 2.46. The summed E-state index contributed by atoms with van der Waals surface area (Å²) in [5.74, 6) is -2.57. The molecule has 1 aromatic carbocycles. The van der Waals surface area contributed by atoms with E-state index in [0.29, 0.717) is 12.8 Å². The van der Waals surface area contributed by atoms with Crippen molar-refractivity contribution in [3.8, 4) is 0 Å². The van der Waals surface area contributed by atoms with E-state index in [9.17, 15) is 29.4 Å². The van der Waals surface area contributed by atoms with Crippen LogP contribution in [0.1, 0.15) is 44.9 Å². The van der Waals surface area contributed by atoms with E-state index < -0.39 is 47.5 Å². The fourth-order valence-electron chi connectivity index (χ4n) is 4.61. The smallest absolute Gasteiger partial charge is 0.405 e. The van der Waals surface area contributed by atoms with E-state index in [2.05, 4.69) is 20.9 Å². The highest BCUT2D eigenvalue weighted by molar-refractivity contribution is 5.98. The number of aryl methyl sites for hydroxylation is 1. The number of amides is 4. The van der Waals surface area contributed by atoms with E-state index in [4.69, 9.17) is 5.73 Å². The van der Waals surface area contributed by atoms with Gasteiger partial charge in [-0.3, -0.25) is 14.4 Å². The Morgan fingerprint density at radius 1 is 1.14 bits per heavy atom. The summed E-state index contributed by atoms with van der Waals surface area (Å²) in [5.41, 5.74) is 6.56. The molecule has 0 radical (unpaired) electrons. The first-order valence-electron chi connectivity index (χ1n) is 11.7. The van der Waals surface area contributed by atoms with Gasteiger partial charge in [0.1, 0.15) is 17.6 Å². The molecule has 0 saturated carbocycles. The largest absolute Gasteiger partial charge is 0.465 e. The third-order valence-corrected chi connectivity index (χ3v) is 6.83. The van der Waals surface area contributed by atoms with Crippen LogP contribution in [-0.4, -0.2) is 62.7 Å². The van der Waals surface area contributed by atoms with Crippen LogP contribution in [-0.2, 0) is 27.2 Å². The second-order valence-electron chi connectivity index (χ2n) is 9.28. The van der Waals surface area contributed by atoms with Gasteiger partial charge < -0.3 is 36.9 Å². The molecule has 1 heterocycles. The first-order valence-corrected chi connectivity index (χ1v) is 11.7. The highest BCUT2D eigenvalue weighted by atomic mass is 16.4. The van der Waals surface area contributed by atoms with Crippen molar-refractivity contribution in [3.63, 3.8) is 0 Å². The Kier molecular flexibility index (Phi) is 7.69. The number of carbonyl (C=O) groups is 4. The average molecular weight is 488 g/mol. The topological polar surface area (TPSA) is 187 Å². The van der Waals surface area contributed by atoms with Crippen LogP contribution in [0.4, 0.5) is 4.79 Å². The predicted molar refractivity (Wildman–Crippen MR) is 128 cm³/mol. The monoisotopic (exact) mass is 487 g/mol. The lowest BCUT2D eigenvalue weighted by Gasteiger charge is -2.39. The second kappa shape index (κ2) is 10.3. The van der Waals surface area contributed by atoms with Gasteiger partial charge in [-0.15, -0.1) is 0 Å². The minimum Gasteiger partial charge on any atom is -0.465 e. The lowest BCUT2D eigenvalue weighted by molar-refractivity contribution is -0.138. The Balaban J connectivity index is 2.02. The molecule has 190 valence electrons. The van der Waals surface area contributed by atoms with Crippen molar-refractivity contribution < 1.29 is 29.4 Å². The summed E-state index contributed by atoms with van der Waals surface area (Å²) in [6.45, 7) is 4.90. The molecule has 0 bridgehead atoms. The maximum Gasteiger partial charge on any atom is 0.405 e. The van der Waals surface area contributed by atoms with E-state index in [1.807, 2.05) is 31.2 Å². The number of nitrogens with two attached hydrogens (primary N) is 1. The van der Waals surface area contributed by atoms with E-state index in [1.54, 1.807) is 6.92 Å². The number of aliphatic hydroxyl groups is 1. The van der Waals surface area contributed by atoms with Crippen LogP contribution >= 0.6 is 0 Å². The molecule has 0 fully saturated rings. The lowest BCUT2D eigenvalue weighted by atomic mass is 9.78. The Morgan fingerprint density at radius 2 is 1.83 bits per heavy atom. The van der Waals surface area contributed by atoms with Crippen LogP contribution < -0.4 is 21.7 Å². The van der Waals surface area contributed by atoms with E-state index >= 15 is 0 Å². The second-order valence-corrected chi connectivity index (χ2v) is 9.28. The zero-order valence-electron chi connectivity index (χ0n) is 20.1. The number of carboxylic acid groups (broad SMARTS) is 1. The number of fused-ring (bicyclic) bond motifs is 3. The molecule has 35 heavy (non-hydrogen) atoms. The van der Waals surface area contributed by atoms with Gasteiger partial charge in [0.2, 0.25) is 17.7 Å². The van der Waals surface area contributed by atoms with Crippen LogP contribution in [0.5, 0.6) is 0 Å². The number of hydrogen-bond acceptors (Lipinski definition) is 5. The molecule has 8 N–H and O–H groups in total. The van der Waals surface area contributed by atoms with E-state index in [-0.39, 0.29) is 18.8 Å². The van der Waals surface area contributed by atoms with Crippen molar-refractivity contribution in [1.82, 2.24) is 20.9 Å². The molecule has 0 spiro atoms. The van der Waals surface area contributed by atoms with Gasteiger partial charge in [0.15, 0.2) is 0 Å². The Morgan fingerprint density at radius 3 is 2.43 bits per heavy atom. The van der Waals surface area contributed by atoms with Gasteiger partial charge in [-0.1, -0.05) is 38.5 Å². The van der Waals surface area contributed by atoms with Crippen LogP contribution in [0.15, 0.2) is 24.3 Å². The van der Waals surface area contributed by atoms with Gasteiger partial charge in [0.25, 0.3) is 0 Å². The number of primary amides is 1. The van der Waals surface area contributed by atoms with Gasteiger partial charge in [-0.25, -0.2) is 4.79 Å². The van der Waals surface area contributed by atoms with Crippen molar-refractivity contribution in [2.24, 2.45) is 11.7 Å². The minimum absolute atomic E-state index is 0.107. The van der Waals surface area contributed by atoms with Gasteiger partial charge in [-0.2, -0.15) is 0 Å². The molecule has 11 heteroatoms. The molecule has 0 saturated heterocycles. The summed E-state index contributed by atoms with van der Waals surface area (Å²) in [6.07, 6.45) is -1.36. The molecule has 0 aliphatic heterocycles. The zero-order valence-corrected chi connectivity index (χ0v) is 20.1. The summed E-state index contributed by atoms with van der Waals surface area (Å²) in [5, 5.41) is 27.7. The number of carbonyl (C=O) groups excluding carboxylic acids is 3. The quantitative estimate of drug-likeness (QED) is 0.270. The average Bonchev–Trinajstić information content (AvgIpc) is 3.17. The molecular weight excluding hydrogens is 454 g/mol. The molecule has 5 atom stereocenters. The number of aliphatic hydroxyl groups excluding tert-OH is 1. The number of hydrogen-bond donors (Lipinski definition) is 7. The van der Waals surface area contributed by atoms with E-state index in [1.165, 1.54) is 6.92 Å². The van der Waals surface area contributed by atoms with E-state index in [0.717, 1.165) is 22.2 Å². The number of aromatic amines is 1. The zero-order chi connectivity index (χ0) is 25.9. The summed E-state index contributed by atoms with van der Waals surface area (Å²) >= 11 is 0. The van der Waals surface area contributed by atoms with Crippen molar-refractivity contribution in [3.05, 3.63) is 35.5 Å². The SMILES string of the molecule is CC[C@H](C)[C@H](NC(=O)O)C(=O)N[C@]1(C(=O)N[C@H](C(N)=O)[C@@H](C)O)CCc2[nH]c3ccccc3c2C1.